The number of carbonyl (C=O) groups excluding carboxylic acids is 1. The number of aromatic hydroxyl groups is 1. The summed E-state index contributed by atoms with van der Waals surface area (Å²) >= 11 is 0. The summed E-state index contributed by atoms with van der Waals surface area (Å²) in [7, 11) is 0. The Kier molecular flexibility index (Phi) is 3.60. The van der Waals surface area contributed by atoms with E-state index in [1.807, 2.05) is 12.1 Å². The second-order valence-corrected chi connectivity index (χ2v) is 3.90. The van der Waals surface area contributed by atoms with E-state index in [0.29, 0.717) is 17.8 Å². The van der Waals surface area contributed by atoms with Crippen LogP contribution in [-0.4, -0.2) is 11.0 Å². The maximum Gasteiger partial charge on any atom is 0.255 e. The van der Waals surface area contributed by atoms with Gasteiger partial charge in [0.1, 0.15) is 5.75 Å². The van der Waals surface area contributed by atoms with Crippen LogP contribution in [0.4, 0.5) is 5.69 Å². The molecule has 0 aliphatic heterocycles. The molecule has 0 saturated heterocycles. The second kappa shape index (κ2) is 5.33. The largest absolute Gasteiger partial charge is 0.508 e. The van der Waals surface area contributed by atoms with Gasteiger partial charge in [0.2, 0.25) is 0 Å². The number of carbonyl (C=O) groups is 1. The van der Waals surface area contributed by atoms with Crippen molar-refractivity contribution >= 4 is 11.6 Å². The number of benzene rings is 2. The van der Waals surface area contributed by atoms with Crippen LogP contribution in [0.15, 0.2) is 48.5 Å². The van der Waals surface area contributed by atoms with Gasteiger partial charge in [-0.25, -0.2) is 0 Å². The SMILES string of the molecule is NCc1ccc(NC(=O)c2ccc(O)cc2)cc1. The van der Waals surface area contributed by atoms with E-state index < -0.39 is 0 Å². The van der Waals surface area contributed by atoms with Crippen molar-refractivity contribution in [3.05, 3.63) is 59.7 Å². The summed E-state index contributed by atoms with van der Waals surface area (Å²) in [6.45, 7) is 0.478. The lowest BCUT2D eigenvalue weighted by atomic mass is 10.2. The zero-order valence-corrected chi connectivity index (χ0v) is 9.76. The van der Waals surface area contributed by atoms with E-state index in [0.717, 1.165) is 5.56 Å². The van der Waals surface area contributed by atoms with Crippen molar-refractivity contribution in [1.29, 1.82) is 0 Å². The van der Waals surface area contributed by atoms with Crippen LogP contribution in [0.1, 0.15) is 15.9 Å². The molecule has 4 nitrogen and oxygen atoms in total. The molecule has 0 fully saturated rings. The van der Waals surface area contributed by atoms with Crippen LogP contribution in [0.2, 0.25) is 0 Å². The molecule has 4 N–H and O–H groups in total. The number of phenols is 1. The first-order valence-corrected chi connectivity index (χ1v) is 5.58. The highest BCUT2D eigenvalue weighted by Gasteiger charge is 2.05. The molecular formula is C14H14N2O2. The summed E-state index contributed by atoms with van der Waals surface area (Å²) in [4.78, 5) is 11.9. The molecule has 1 amide bonds. The van der Waals surface area contributed by atoms with Crippen LogP contribution in [0.25, 0.3) is 0 Å². The third-order valence-electron chi connectivity index (χ3n) is 2.58. The van der Waals surface area contributed by atoms with Crippen molar-refractivity contribution in [3.63, 3.8) is 0 Å². The van der Waals surface area contributed by atoms with Crippen LogP contribution in [0.3, 0.4) is 0 Å². The molecule has 0 aliphatic carbocycles. The van der Waals surface area contributed by atoms with Gasteiger partial charge in [-0.3, -0.25) is 4.79 Å². The Labute approximate surface area is 105 Å². The Morgan fingerprint density at radius 2 is 1.67 bits per heavy atom. The summed E-state index contributed by atoms with van der Waals surface area (Å²) in [6, 6.07) is 13.4. The van der Waals surface area contributed by atoms with Gasteiger partial charge in [0, 0.05) is 17.8 Å². The van der Waals surface area contributed by atoms with Gasteiger partial charge in [-0.05, 0) is 42.0 Å². The fourth-order valence-corrected chi connectivity index (χ4v) is 1.54. The fraction of sp³-hybridized carbons (Fsp3) is 0.0714. The Morgan fingerprint density at radius 1 is 1.06 bits per heavy atom. The quantitative estimate of drug-likeness (QED) is 0.771. The Hall–Kier alpha value is -2.33. The highest BCUT2D eigenvalue weighted by molar-refractivity contribution is 6.04. The van der Waals surface area contributed by atoms with E-state index in [-0.39, 0.29) is 11.7 Å². The zero-order valence-electron chi connectivity index (χ0n) is 9.76. The molecule has 0 aliphatic rings. The van der Waals surface area contributed by atoms with Gasteiger partial charge >= 0.3 is 0 Å². The molecule has 0 heterocycles. The van der Waals surface area contributed by atoms with Crippen molar-refractivity contribution in [1.82, 2.24) is 0 Å². The summed E-state index contributed by atoms with van der Waals surface area (Å²) in [6.07, 6.45) is 0. The number of rotatable bonds is 3. The normalized spacial score (nSPS) is 10.1. The van der Waals surface area contributed by atoms with Gasteiger partial charge in [0.25, 0.3) is 5.91 Å². The van der Waals surface area contributed by atoms with Crippen molar-refractivity contribution in [2.75, 3.05) is 5.32 Å². The molecule has 0 spiro atoms. The van der Waals surface area contributed by atoms with E-state index in [9.17, 15) is 4.79 Å². The van der Waals surface area contributed by atoms with E-state index >= 15 is 0 Å². The maximum atomic E-state index is 11.9. The Morgan fingerprint density at radius 3 is 2.22 bits per heavy atom. The predicted octanol–water partition coefficient (Wildman–Crippen LogP) is 2.10. The lowest BCUT2D eigenvalue weighted by molar-refractivity contribution is 0.102. The maximum absolute atomic E-state index is 11.9. The molecule has 0 unspecified atom stereocenters. The number of nitrogens with one attached hydrogen (secondary N) is 1. The lowest BCUT2D eigenvalue weighted by Gasteiger charge is -2.06. The molecular weight excluding hydrogens is 228 g/mol. The van der Waals surface area contributed by atoms with Crippen molar-refractivity contribution in [3.8, 4) is 5.75 Å². The minimum atomic E-state index is -0.213. The highest BCUT2D eigenvalue weighted by Crippen LogP contribution is 2.13. The van der Waals surface area contributed by atoms with Crippen molar-refractivity contribution in [2.45, 2.75) is 6.54 Å². The molecule has 0 aromatic heterocycles. The van der Waals surface area contributed by atoms with Crippen molar-refractivity contribution in [2.24, 2.45) is 5.73 Å². The Balaban J connectivity index is 2.08. The van der Waals surface area contributed by atoms with Gasteiger partial charge in [-0.1, -0.05) is 12.1 Å². The minimum absolute atomic E-state index is 0.138. The molecule has 0 bridgehead atoms. The van der Waals surface area contributed by atoms with Gasteiger partial charge in [-0.15, -0.1) is 0 Å². The zero-order chi connectivity index (χ0) is 13.0. The van der Waals surface area contributed by atoms with Crippen LogP contribution >= 0.6 is 0 Å². The average molecular weight is 242 g/mol. The number of nitrogens with two attached hydrogens (primary N) is 1. The fourth-order valence-electron chi connectivity index (χ4n) is 1.54. The molecule has 0 saturated carbocycles. The lowest BCUT2D eigenvalue weighted by Crippen LogP contribution is -2.11. The van der Waals surface area contributed by atoms with E-state index in [2.05, 4.69) is 5.32 Å². The third-order valence-corrected chi connectivity index (χ3v) is 2.58. The van der Waals surface area contributed by atoms with Gasteiger partial charge in [0.15, 0.2) is 0 Å². The standard InChI is InChI=1S/C14H14N2O2/c15-9-10-1-5-12(6-2-10)16-14(18)11-3-7-13(17)8-4-11/h1-8,17H,9,15H2,(H,16,18). The molecule has 18 heavy (non-hydrogen) atoms. The summed E-state index contributed by atoms with van der Waals surface area (Å²) in [5, 5.41) is 11.9. The van der Waals surface area contributed by atoms with E-state index in [4.69, 9.17) is 10.8 Å². The number of phenolic OH excluding ortho intramolecular Hbond substituents is 1. The first kappa shape index (κ1) is 12.1. The highest BCUT2D eigenvalue weighted by atomic mass is 16.3. The van der Waals surface area contributed by atoms with E-state index in [1.54, 1.807) is 24.3 Å². The third kappa shape index (κ3) is 2.87. The molecule has 0 radical (unpaired) electrons. The van der Waals surface area contributed by atoms with Gasteiger partial charge in [-0.2, -0.15) is 0 Å². The summed E-state index contributed by atoms with van der Waals surface area (Å²) in [5.74, 6) is -0.0747. The van der Waals surface area contributed by atoms with E-state index in [1.165, 1.54) is 12.1 Å². The molecule has 2 aromatic rings. The van der Waals surface area contributed by atoms with Crippen LogP contribution in [-0.2, 0) is 6.54 Å². The second-order valence-electron chi connectivity index (χ2n) is 3.90. The monoisotopic (exact) mass is 242 g/mol. The van der Waals surface area contributed by atoms with Gasteiger partial charge in [0.05, 0.1) is 0 Å². The molecule has 2 aromatic carbocycles. The molecule has 4 heteroatoms. The Bertz CT molecular complexity index is 533. The molecule has 2 rings (SSSR count). The number of anilines is 1. The minimum Gasteiger partial charge on any atom is -0.508 e. The van der Waals surface area contributed by atoms with Crippen molar-refractivity contribution < 1.29 is 9.90 Å². The predicted molar refractivity (Wildman–Crippen MR) is 70.4 cm³/mol. The topological polar surface area (TPSA) is 75.3 Å². The smallest absolute Gasteiger partial charge is 0.255 e. The number of hydrogen-bond donors (Lipinski definition) is 3. The van der Waals surface area contributed by atoms with Gasteiger partial charge < -0.3 is 16.2 Å². The van der Waals surface area contributed by atoms with Crippen LogP contribution < -0.4 is 11.1 Å². The number of amides is 1. The first-order chi connectivity index (χ1) is 8.69. The summed E-state index contributed by atoms with van der Waals surface area (Å²) in [5.41, 5.74) is 7.72. The van der Waals surface area contributed by atoms with Crippen LogP contribution in [0.5, 0.6) is 5.75 Å². The average Bonchev–Trinajstić information content (AvgIpc) is 2.40. The number of hydrogen-bond acceptors (Lipinski definition) is 3. The first-order valence-electron chi connectivity index (χ1n) is 5.58. The molecule has 0 atom stereocenters. The molecule has 92 valence electrons. The summed E-state index contributed by atoms with van der Waals surface area (Å²) < 4.78 is 0. The van der Waals surface area contributed by atoms with Crippen LogP contribution in [0, 0.1) is 0 Å².